The Morgan fingerprint density at radius 1 is 1.17 bits per heavy atom. The van der Waals surface area contributed by atoms with Gasteiger partial charge in [-0.2, -0.15) is 10.1 Å². The molecule has 2 bridgehead atoms. The standard InChI is InChI=1S/C20H18Br2N2O5/c1-9(20(27)28-2)29-17-13(21)5-10(6-14(17)22)8-23-24-18(25)15-11-3-4-12(7-11)16(15)19(24)26/h3-6,8-9,11-12,15-16H,7H2,1-2H3/t9-,11-,12-,15-,16+/m0/s1. The number of benzene rings is 1. The van der Waals surface area contributed by atoms with Gasteiger partial charge in [-0.25, -0.2) is 4.79 Å². The Bertz CT molecular complexity index is 907. The molecule has 0 radical (unpaired) electrons. The van der Waals surface area contributed by atoms with Crippen molar-refractivity contribution in [3.05, 3.63) is 38.8 Å². The molecule has 0 unspecified atom stereocenters. The maximum atomic E-state index is 12.7. The molecule has 3 aliphatic rings. The fraction of sp³-hybridized carbons (Fsp3) is 0.400. The molecule has 9 heteroatoms. The maximum Gasteiger partial charge on any atom is 0.346 e. The molecule has 1 saturated heterocycles. The molecule has 0 spiro atoms. The van der Waals surface area contributed by atoms with Gasteiger partial charge in [-0.15, -0.1) is 0 Å². The molecule has 5 atom stereocenters. The van der Waals surface area contributed by atoms with Crippen molar-refractivity contribution in [2.75, 3.05) is 7.11 Å². The van der Waals surface area contributed by atoms with Crippen LogP contribution in [0.4, 0.5) is 0 Å². The fourth-order valence-electron chi connectivity index (χ4n) is 4.28. The van der Waals surface area contributed by atoms with Crippen LogP contribution in [0.2, 0.25) is 0 Å². The third-order valence-corrected chi connectivity index (χ3v) is 6.80. The lowest BCUT2D eigenvalue weighted by Crippen LogP contribution is -2.28. The Morgan fingerprint density at radius 3 is 2.24 bits per heavy atom. The number of methoxy groups -OCH3 is 1. The Kier molecular flexibility index (Phi) is 5.37. The van der Waals surface area contributed by atoms with Gasteiger partial charge in [-0.1, -0.05) is 12.2 Å². The maximum absolute atomic E-state index is 12.7. The summed E-state index contributed by atoms with van der Waals surface area (Å²) in [6.07, 6.45) is 5.67. The van der Waals surface area contributed by atoms with Crippen LogP contribution in [-0.4, -0.2) is 42.2 Å². The average Bonchev–Trinajstić information content (AvgIpc) is 3.36. The fourth-order valence-corrected chi connectivity index (χ4v) is 5.69. The van der Waals surface area contributed by atoms with Gasteiger partial charge in [0.15, 0.2) is 6.10 Å². The number of nitrogens with zero attached hydrogens (tertiary/aromatic N) is 2. The summed E-state index contributed by atoms with van der Waals surface area (Å²) < 4.78 is 11.5. The highest BCUT2D eigenvalue weighted by Crippen LogP contribution is 2.52. The SMILES string of the molecule is COC(=O)[C@H](C)Oc1c(Br)cc(C=NN2C(=O)[C@@H]3[C@H](C2=O)[C@H]2C=C[C@H]3C2)cc1Br. The van der Waals surface area contributed by atoms with Gasteiger partial charge >= 0.3 is 5.97 Å². The van der Waals surface area contributed by atoms with Crippen LogP contribution in [0.5, 0.6) is 5.75 Å². The number of carbonyl (C=O) groups excluding carboxylic acids is 3. The van der Waals surface area contributed by atoms with E-state index < -0.39 is 12.1 Å². The second kappa shape index (κ2) is 7.68. The van der Waals surface area contributed by atoms with Gasteiger partial charge < -0.3 is 9.47 Å². The third-order valence-electron chi connectivity index (χ3n) is 5.62. The lowest BCUT2D eigenvalue weighted by atomic mass is 9.85. The second-order valence-corrected chi connectivity index (χ2v) is 9.04. The summed E-state index contributed by atoms with van der Waals surface area (Å²) in [7, 11) is 1.29. The monoisotopic (exact) mass is 524 g/mol. The summed E-state index contributed by atoms with van der Waals surface area (Å²) in [6, 6.07) is 3.45. The zero-order valence-electron chi connectivity index (χ0n) is 15.7. The molecule has 1 aromatic rings. The topological polar surface area (TPSA) is 85.3 Å². The summed E-state index contributed by atoms with van der Waals surface area (Å²) >= 11 is 6.83. The first-order chi connectivity index (χ1) is 13.8. The van der Waals surface area contributed by atoms with Crippen molar-refractivity contribution in [2.24, 2.45) is 28.8 Å². The Balaban J connectivity index is 1.52. The van der Waals surface area contributed by atoms with Crippen LogP contribution < -0.4 is 4.74 Å². The second-order valence-electron chi connectivity index (χ2n) is 7.33. The van der Waals surface area contributed by atoms with Crippen LogP contribution in [0.15, 0.2) is 38.3 Å². The third kappa shape index (κ3) is 3.44. The van der Waals surface area contributed by atoms with Gasteiger partial charge in [0.25, 0.3) is 11.8 Å². The minimum Gasteiger partial charge on any atom is -0.477 e. The van der Waals surface area contributed by atoms with Crippen LogP contribution in [0.1, 0.15) is 18.9 Å². The zero-order chi connectivity index (χ0) is 20.9. The molecule has 29 heavy (non-hydrogen) atoms. The highest BCUT2D eigenvalue weighted by atomic mass is 79.9. The number of hydrogen-bond donors (Lipinski definition) is 0. The molecule has 1 aromatic carbocycles. The van der Waals surface area contributed by atoms with E-state index in [-0.39, 0.29) is 35.5 Å². The van der Waals surface area contributed by atoms with Crippen molar-refractivity contribution in [3.63, 3.8) is 0 Å². The largest absolute Gasteiger partial charge is 0.477 e. The molecule has 1 saturated carbocycles. The van der Waals surface area contributed by atoms with Gasteiger partial charge in [0.1, 0.15) is 5.75 Å². The van der Waals surface area contributed by atoms with Crippen LogP contribution in [-0.2, 0) is 19.1 Å². The zero-order valence-corrected chi connectivity index (χ0v) is 18.8. The summed E-state index contributed by atoms with van der Waals surface area (Å²) in [5.41, 5.74) is 0.653. The van der Waals surface area contributed by atoms with Crippen LogP contribution >= 0.6 is 31.9 Å². The van der Waals surface area contributed by atoms with Gasteiger partial charge in [-0.05, 0) is 74.7 Å². The number of ether oxygens (including phenoxy) is 2. The van der Waals surface area contributed by atoms with Crippen molar-refractivity contribution >= 4 is 55.9 Å². The molecule has 2 amide bonds. The number of amides is 2. The van der Waals surface area contributed by atoms with Crippen LogP contribution in [0.3, 0.4) is 0 Å². The number of rotatable bonds is 5. The molecule has 152 valence electrons. The van der Waals surface area contributed by atoms with E-state index in [9.17, 15) is 14.4 Å². The molecular formula is C20H18Br2N2O5. The molecule has 4 rings (SSSR count). The van der Waals surface area contributed by atoms with Crippen molar-refractivity contribution in [1.82, 2.24) is 5.01 Å². The summed E-state index contributed by atoms with van der Waals surface area (Å²) in [6.45, 7) is 1.59. The Morgan fingerprint density at radius 2 is 1.72 bits per heavy atom. The quantitative estimate of drug-likeness (QED) is 0.255. The number of hydrazone groups is 1. The first-order valence-corrected chi connectivity index (χ1v) is 10.7. The van der Waals surface area contributed by atoms with Crippen molar-refractivity contribution in [3.8, 4) is 5.75 Å². The predicted molar refractivity (Wildman–Crippen MR) is 111 cm³/mol. The van der Waals surface area contributed by atoms with E-state index in [0.717, 1.165) is 11.4 Å². The average molecular weight is 526 g/mol. The van der Waals surface area contributed by atoms with Crippen LogP contribution in [0, 0.1) is 23.7 Å². The van der Waals surface area contributed by atoms with E-state index in [4.69, 9.17) is 4.74 Å². The first-order valence-electron chi connectivity index (χ1n) is 9.15. The normalized spacial score (nSPS) is 28.3. The summed E-state index contributed by atoms with van der Waals surface area (Å²) in [4.78, 5) is 36.9. The lowest BCUT2D eigenvalue weighted by molar-refractivity contribution is -0.148. The van der Waals surface area contributed by atoms with E-state index in [0.29, 0.717) is 20.3 Å². The number of hydrogen-bond acceptors (Lipinski definition) is 6. The summed E-state index contributed by atoms with van der Waals surface area (Å²) in [5.74, 6) is -0.750. The number of imide groups is 1. The predicted octanol–water partition coefficient (Wildman–Crippen LogP) is 3.29. The van der Waals surface area contributed by atoms with E-state index in [1.807, 2.05) is 12.2 Å². The van der Waals surface area contributed by atoms with Gasteiger partial charge in [-0.3, -0.25) is 9.59 Å². The van der Waals surface area contributed by atoms with Gasteiger partial charge in [0.2, 0.25) is 0 Å². The first kappa shape index (κ1) is 20.3. The molecule has 0 aromatic heterocycles. The van der Waals surface area contributed by atoms with Crippen LogP contribution in [0.25, 0.3) is 0 Å². The number of esters is 1. The number of fused-ring (bicyclic) bond motifs is 5. The number of carbonyl (C=O) groups is 3. The smallest absolute Gasteiger partial charge is 0.346 e. The number of halogens is 2. The van der Waals surface area contributed by atoms with E-state index in [1.165, 1.54) is 13.3 Å². The summed E-state index contributed by atoms with van der Waals surface area (Å²) in [5, 5.41) is 5.18. The van der Waals surface area contributed by atoms with Crippen molar-refractivity contribution in [1.29, 1.82) is 0 Å². The van der Waals surface area contributed by atoms with Gasteiger partial charge in [0, 0.05) is 0 Å². The minimum atomic E-state index is -0.782. The lowest BCUT2D eigenvalue weighted by Gasteiger charge is -2.16. The molecule has 1 heterocycles. The molecule has 2 aliphatic carbocycles. The highest BCUT2D eigenvalue weighted by molar-refractivity contribution is 9.11. The molecule has 0 N–H and O–H groups in total. The van der Waals surface area contributed by atoms with Crippen molar-refractivity contribution < 1.29 is 23.9 Å². The minimum absolute atomic E-state index is 0.151. The van der Waals surface area contributed by atoms with Crippen molar-refractivity contribution in [2.45, 2.75) is 19.4 Å². The van der Waals surface area contributed by atoms with E-state index >= 15 is 0 Å². The molecular weight excluding hydrogens is 508 g/mol. The van der Waals surface area contributed by atoms with Gasteiger partial charge in [0.05, 0.1) is 34.1 Å². The Labute approximate surface area is 184 Å². The molecule has 7 nitrogen and oxygen atoms in total. The highest BCUT2D eigenvalue weighted by Gasteiger charge is 2.59. The molecule has 1 aliphatic heterocycles. The van der Waals surface area contributed by atoms with E-state index in [1.54, 1.807) is 19.1 Å². The van der Waals surface area contributed by atoms with E-state index in [2.05, 4.69) is 41.7 Å². The molecule has 2 fully saturated rings. The number of allylic oxidation sites excluding steroid dienone is 2. The Hall–Kier alpha value is -2.00.